The molecule has 7 nitrogen and oxygen atoms in total. The summed E-state index contributed by atoms with van der Waals surface area (Å²) in [6.45, 7) is 3.53. The number of hydrogen-bond donors (Lipinski definition) is 2. The van der Waals surface area contributed by atoms with Crippen LogP contribution >= 0.6 is 0 Å². The zero-order chi connectivity index (χ0) is 13.6. The molecule has 0 saturated heterocycles. The molecule has 1 amide bonds. The molecule has 0 radical (unpaired) electrons. The van der Waals surface area contributed by atoms with Crippen LogP contribution in [0.5, 0.6) is 0 Å². The summed E-state index contributed by atoms with van der Waals surface area (Å²) in [5.41, 5.74) is 4.60. The summed E-state index contributed by atoms with van der Waals surface area (Å²) in [5, 5.41) is -0.210. The second-order valence-corrected chi connectivity index (χ2v) is 6.03. The fourth-order valence-corrected chi connectivity index (χ4v) is 2.69. The second-order valence-electron chi connectivity index (χ2n) is 4.40. The maximum absolute atomic E-state index is 11.8. The van der Waals surface area contributed by atoms with Crippen molar-refractivity contribution in [3.8, 4) is 0 Å². The number of nitrogens with two attached hydrogens (primary N) is 1. The van der Waals surface area contributed by atoms with Gasteiger partial charge in [-0.1, -0.05) is 6.08 Å². The molecule has 2 rings (SSSR count). The zero-order valence-electron chi connectivity index (χ0n) is 9.83. The average molecular weight is 270 g/mol. The van der Waals surface area contributed by atoms with Gasteiger partial charge in [0.15, 0.2) is 5.03 Å². The van der Waals surface area contributed by atoms with Crippen LogP contribution in [0.15, 0.2) is 30.2 Å². The normalized spacial score (nSPS) is 26.7. The van der Waals surface area contributed by atoms with E-state index in [2.05, 4.69) is 11.6 Å². The molecule has 2 atom stereocenters. The van der Waals surface area contributed by atoms with Gasteiger partial charge < -0.3 is 10.3 Å². The van der Waals surface area contributed by atoms with Gasteiger partial charge in [0.2, 0.25) is 0 Å². The highest BCUT2D eigenvalue weighted by Gasteiger charge is 2.56. The van der Waals surface area contributed by atoms with Crippen LogP contribution < -0.4 is 10.5 Å². The molecule has 0 aromatic carbocycles. The maximum Gasteiger partial charge on any atom is 0.283 e. The quantitative estimate of drug-likeness (QED) is 0.691. The van der Waals surface area contributed by atoms with E-state index >= 15 is 0 Å². The van der Waals surface area contributed by atoms with Gasteiger partial charge in [0.1, 0.15) is 5.54 Å². The molecule has 1 saturated carbocycles. The number of hydrogen-bond acceptors (Lipinski definition) is 5. The van der Waals surface area contributed by atoms with Crippen molar-refractivity contribution in [2.45, 2.75) is 17.0 Å². The first-order chi connectivity index (χ1) is 8.29. The summed E-state index contributed by atoms with van der Waals surface area (Å²) in [7, 11) is -2.33. The van der Waals surface area contributed by atoms with Crippen LogP contribution in [0.2, 0.25) is 0 Å². The smallest absolute Gasteiger partial charge is 0.283 e. The van der Waals surface area contributed by atoms with E-state index in [1.54, 1.807) is 13.1 Å². The van der Waals surface area contributed by atoms with Gasteiger partial charge in [0.25, 0.3) is 15.9 Å². The van der Waals surface area contributed by atoms with Gasteiger partial charge in [-0.3, -0.25) is 4.79 Å². The van der Waals surface area contributed by atoms with Crippen molar-refractivity contribution in [2.75, 3.05) is 0 Å². The third-order valence-electron chi connectivity index (χ3n) is 2.95. The Morgan fingerprint density at radius 1 is 1.78 bits per heavy atom. The van der Waals surface area contributed by atoms with Crippen LogP contribution in [0.4, 0.5) is 0 Å². The monoisotopic (exact) mass is 270 g/mol. The molecule has 0 unspecified atom stereocenters. The van der Waals surface area contributed by atoms with Crippen molar-refractivity contribution in [1.82, 2.24) is 14.3 Å². The zero-order valence-corrected chi connectivity index (χ0v) is 10.6. The van der Waals surface area contributed by atoms with Gasteiger partial charge in [-0.25, -0.2) is 9.71 Å². The lowest BCUT2D eigenvalue weighted by molar-refractivity contribution is -0.121. The Balaban J connectivity index is 2.15. The summed E-state index contributed by atoms with van der Waals surface area (Å²) < 4.78 is 27.1. The number of aromatic nitrogens is 2. The number of amides is 1. The fraction of sp³-hybridized carbons (Fsp3) is 0.400. The number of sulfonamides is 1. The van der Waals surface area contributed by atoms with E-state index in [4.69, 9.17) is 5.73 Å². The number of nitrogens with one attached hydrogen (secondary N) is 1. The van der Waals surface area contributed by atoms with Gasteiger partial charge >= 0.3 is 0 Å². The Morgan fingerprint density at radius 2 is 2.44 bits per heavy atom. The standard InChI is InChI=1S/C10H14N4O3S/c1-3-7-4-10(7,11)9(15)13-18(16,17)8-5-14(2)6-12-8/h3,5-7H,1,4,11H2,2H3,(H,13,15)/t7-,10-/m1/s1. The molecule has 1 fully saturated rings. The second kappa shape index (κ2) is 3.92. The Bertz CT molecular complexity index is 606. The van der Waals surface area contributed by atoms with Crippen molar-refractivity contribution in [1.29, 1.82) is 0 Å². The van der Waals surface area contributed by atoms with Crippen molar-refractivity contribution in [3.63, 3.8) is 0 Å². The van der Waals surface area contributed by atoms with E-state index in [0.29, 0.717) is 6.42 Å². The molecule has 1 aromatic heterocycles. The van der Waals surface area contributed by atoms with Crippen molar-refractivity contribution in [3.05, 3.63) is 25.2 Å². The summed E-state index contributed by atoms with van der Waals surface area (Å²) in [6.07, 6.45) is 4.59. The van der Waals surface area contributed by atoms with Gasteiger partial charge in [-0.15, -0.1) is 6.58 Å². The van der Waals surface area contributed by atoms with E-state index in [0.717, 1.165) is 0 Å². The largest absolute Gasteiger partial charge is 0.339 e. The molecule has 18 heavy (non-hydrogen) atoms. The first-order valence-corrected chi connectivity index (χ1v) is 6.74. The summed E-state index contributed by atoms with van der Waals surface area (Å²) in [6, 6.07) is 0. The highest BCUT2D eigenvalue weighted by molar-refractivity contribution is 7.90. The van der Waals surface area contributed by atoms with Crippen molar-refractivity contribution in [2.24, 2.45) is 18.7 Å². The Kier molecular flexibility index (Phi) is 2.78. The predicted molar refractivity (Wildman–Crippen MR) is 63.8 cm³/mol. The molecule has 1 aliphatic rings. The highest BCUT2D eigenvalue weighted by atomic mass is 32.2. The van der Waals surface area contributed by atoms with Crippen LogP contribution in [-0.4, -0.2) is 29.4 Å². The first kappa shape index (κ1) is 12.8. The molecule has 1 aliphatic carbocycles. The van der Waals surface area contributed by atoms with Crippen LogP contribution in [0, 0.1) is 5.92 Å². The SMILES string of the molecule is C=C[C@@H]1C[C@]1(N)C(=O)NS(=O)(=O)c1cn(C)cn1. The van der Waals surface area contributed by atoms with Crippen LogP contribution in [-0.2, 0) is 21.9 Å². The molecule has 0 spiro atoms. The molecule has 0 aliphatic heterocycles. The number of carbonyl (C=O) groups is 1. The predicted octanol–water partition coefficient (Wildman–Crippen LogP) is -0.872. The van der Waals surface area contributed by atoms with Gasteiger partial charge in [0, 0.05) is 19.2 Å². The minimum absolute atomic E-state index is 0.184. The van der Waals surface area contributed by atoms with Gasteiger partial charge in [-0.05, 0) is 6.42 Å². The Morgan fingerprint density at radius 3 is 2.89 bits per heavy atom. The van der Waals surface area contributed by atoms with E-state index in [9.17, 15) is 13.2 Å². The van der Waals surface area contributed by atoms with E-state index in [1.807, 2.05) is 4.72 Å². The van der Waals surface area contributed by atoms with Crippen LogP contribution in [0.1, 0.15) is 6.42 Å². The Hall–Kier alpha value is -1.67. The molecular formula is C10H14N4O3S. The van der Waals surface area contributed by atoms with Gasteiger partial charge in [-0.2, -0.15) is 8.42 Å². The fourth-order valence-electron chi connectivity index (χ4n) is 1.66. The van der Waals surface area contributed by atoms with Gasteiger partial charge in [0.05, 0.1) is 6.33 Å². The molecule has 0 bridgehead atoms. The topological polar surface area (TPSA) is 107 Å². The lowest BCUT2D eigenvalue weighted by atomic mass is 10.2. The third kappa shape index (κ3) is 2.04. The van der Waals surface area contributed by atoms with E-state index < -0.39 is 21.5 Å². The highest BCUT2D eigenvalue weighted by Crippen LogP contribution is 2.42. The molecule has 3 N–H and O–H groups in total. The Labute approximate surface area is 105 Å². The van der Waals surface area contributed by atoms with E-state index in [-0.39, 0.29) is 10.9 Å². The minimum Gasteiger partial charge on any atom is -0.339 e. The molecule has 98 valence electrons. The van der Waals surface area contributed by atoms with Crippen LogP contribution in [0.3, 0.4) is 0 Å². The number of aryl methyl sites for hydroxylation is 1. The summed E-state index contributed by atoms with van der Waals surface area (Å²) in [4.78, 5) is 15.5. The van der Waals surface area contributed by atoms with E-state index in [1.165, 1.54) is 17.1 Å². The minimum atomic E-state index is -3.96. The summed E-state index contributed by atoms with van der Waals surface area (Å²) >= 11 is 0. The third-order valence-corrected chi connectivity index (χ3v) is 4.17. The number of nitrogens with zero attached hydrogens (tertiary/aromatic N) is 2. The molecule has 1 heterocycles. The number of carbonyl (C=O) groups excluding carboxylic acids is 1. The first-order valence-electron chi connectivity index (χ1n) is 5.26. The average Bonchev–Trinajstić information content (AvgIpc) is 2.75. The number of imidazole rings is 1. The lowest BCUT2D eigenvalue weighted by Gasteiger charge is -2.10. The van der Waals surface area contributed by atoms with Crippen LogP contribution in [0.25, 0.3) is 0 Å². The molecule has 1 aromatic rings. The number of rotatable bonds is 4. The molecule has 8 heteroatoms. The molecular weight excluding hydrogens is 256 g/mol. The maximum atomic E-state index is 11.8. The van der Waals surface area contributed by atoms with Crippen molar-refractivity contribution < 1.29 is 13.2 Å². The summed E-state index contributed by atoms with van der Waals surface area (Å²) in [5.74, 6) is -0.908. The van der Waals surface area contributed by atoms with Crippen molar-refractivity contribution >= 4 is 15.9 Å². The lowest BCUT2D eigenvalue weighted by Crippen LogP contribution is -2.46.